The second-order valence-corrected chi connectivity index (χ2v) is 8.91. The van der Waals surface area contributed by atoms with E-state index in [2.05, 4.69) is 21.3 Å². The monoisotopic (exact) mass is 458 g/mol. The number of urea groups is 1. The number of fused-ring (bicyclic) bond motifs is 1. The number of rotatable bonds is 5. The zero-order chi connectivity index (χ0) is 22.9. The third-order valence-electron chi connectivity index (χ3n) is 5.05. The predicted octanol–water partition coefficient (Wildman–Crippen LogP) is -1.18. The molecule has 0 aromatic heterocycles. The van der Waals surface area contributed by atoms with Gasteiger partial charge in [-0.25, -0.2) is 26.3 Å². The summed E-state index contributed by atoms with van der Waals surface area (Å²) < 4.78 is 53.1. The molecule has 0 radical (unpaired) electrons. The lowest BCUT2D eigenvalue weighted by Crippen LogP contribution is -2.67. The Balaban J connectivity index is 1.76. The maximum Gasteiger partial charge on any atom is 0.336 e. The van der Waals surface area contributed by atoms with E-state index in [1.165, 1.54) is 0 Å². The first-order valence-corrected chi connectivity index (χ1v) is 10.6. The van der Waals surface area contributed by atoms with Gasteiger partial charge in [0, 0.05) is 18.6 Å². The Morgan fingerprint density at radius 2 is 2.16 bits per heavy atom. The van der Waals surface area contributed by atoms with Gasteiger partial charge >= 0.3 is 6.03 Å². The van der Waals surface area contributed by atoms with Gasteiger partial charge in [-0.1, -0.05) is 0 Å². The molecule has 0 aliphatic carbocycles. The van der Waals surface area contributed by atoms with Gasteiger partial charge in [-0.2, -0.15) is 5.26 Å². The quantitative estimate of drug-likeness (QED) is 0.368. The zero-order valence-corrected chi connectivity index (χ0v) is 17.0. The number of piperazine rings is 1. The van der Waals surface area contributed by atoms with Gasteiger partial charge in [0.2, 0.25) is 5.91 Å². The van der Waals surface area contributed by atoms with Crippen LogP contribution in [0.5, 0.6) is 0 Å². The highest BCUT2D eigenvalue weighted by Crippen LogP contribution is 2.33. The largest absolute Gasteiger partial charge is 0.394 e. The molecule has 2 aliphatic rings. The smallest absolute Gasteiger partial charge is 0.336 e. The van der Waals surface area contributed by atoms with Gasteiger partial charge in [0.1, 0.15) is 17.5 Å². The third kappa shape index (κ3) is 4.30. The molecule has 168 valence electrons. The van der Waals surface area contributed by atoms with Gasteiger partial charge < -0.3 is 21.1 Å². The number of nitrogens with zero attached hydrogens (tertiary/aromatic N) is 2. The van der Waals surface area contributed by atoms with Crippen molar-refractivity contribution in [2.45, 2.75) is 36.0 Å². The van der Waals surface area contributed by atoms with E-state index in [0.717, 1.165) is 6.07 Å². The molecular formula is C17H20F2N6O5S. The van der Waals surface area contributed by atoms with Crippen molar-refractivity contribution in [2.75, 3.05) is 25.0 Å². The summed E-state index contributed by atoms with van der Waals surface area (Å²) in [4.78, 5) is 23.6. The van der Waals surface area contributed by atoms with Gasteiger partial charge in [0.05, 0.1) is 24.4 Å². The number of hydrogen-bond acceptors (Lipinski definition) is 8. The van der Waals surface area contributed by atoms with Crippen LogP contribution in [0, 0.1) is 23.0 Å². The molecule has 2 heterocycles. The van der Waals surface area contributed by atoms with Crippen LogP contribution in [-0.4, -0.2) is 73.6 Å². The zero-order valence-electron chi connectivity index (χ0n) is 16.2. The first kappa shape index (κ1) is 22.8. The fraction of sp³-hybridized carbons (Fsp3) is 0.471. The van der Waals surface area contributed by atoms with E-state index < -0.39 is 75.5 Å². The van der Waals surface area contributed by atoms with E-state index in [1.807, 2.05) is 6.07 Å². The molecule has 3 unspecified atom stereocenters. The molecule has 0 saturated carbocycles. The first-order valence-electron chi connectivity index (χ1n) is 9.21. The number of anilines is 1. The van der Waals surface area contributed by atoms with Crippen LogP contribution >= 0.6 is 0 Å². The van der Waals surface area contributed by atoms with Gasteiger partial charge in [-0.05, 0) is 19.1 Å². The topological polar surface area (TPSA) is 164 Å². The number of nitriles is 1. The average molecular weight is 458 g/mol. The third-order valence-corrected chi connectivity index (χ3v) is 6.84. The van der Waals surface area contributed by atoms with E-state index in [0.29, 0.717) is 6.07 Å². The molecule has 4 atom stereocenters. The summed E-state index contributed by atoms with van der Waals surface area (Å²) in [6, 6.07) is 0.222. The molecule has 31 heavy (non-hydrogen) atoms. The highest BCUT2D eigenvalue weighted by atomic mass is 32.2. The number of sulfonamides is 1. The Hall–Kier alpha value is -2.86. The molecule has 3 rings (SSSR count). The normalized spacial score (nSPS) is 25.7. The van der Waals surface area contributed by atoms with Crippen LogP contribution < -0.4 is 21.3 Å². The van der Waals surface area contributed by atoms with Crippen LogP contribution in [0.2, 0.25) is 0 Å². The Morgan fingerprint density at radius 1 is 1.45 bits per heavy atom. The standard InChI is InChI=1S/C17H20F2N6O5S/c1-8-15(21-5-9(4-20)22-8)12(7-26)23-13(27)6-25-17(28)24-11-3-2-10(18)14(19)16(11)31(25,29)30/h2-3,8-9,12,15,21-22,26H,5-7H2,1H3,(H,23,27)(H,24,28)/t8?,9?,12-,15?/m0/s1. The van der Waals surface area contributed by atoms with E-state index in [4.69, 9.17) is 5.26 Å². The molecule has 3 amide bonds. The minimum Gasteiger partial charge on any atom is -0.394 e. The second-order valence-electron chi connectivity index (χ2n) is 7.11. The summed E-state index contributed by atoms with van der Waals surface area (Å²) in [6.07, 6.45) is 0. The van der Waals surface area contributed by atoms with E-state index in [-0.39, 0.29) is 16.9 Å². The van der Waals surface area contributed by atoms with Crippen molar-refractivity contribution in [3.8, 4) is 6.07 Å². The minimum absolute atomic E-state index is 0.0866. The minimum atomic E-state index is -4.85. The van der Waals surface area contributed by atoms with Crippen LogP contribution in [0.3, 0.4) is 0 Å². The summed E-state index contributed by atoms with van der Waals surface area (Å²) >= 11 is 0. The summed E-state index contributed by atoms with van der Waals surface area (Å²) in [7, 11) is -4.85. The maximum atomic E-state index is 14.1. The Bertz CT molecular complexity index is 1050. The van der Waals surface area contributed by atoms with E-state index in [1.54, 1.807) is 6.92 Å². The SMILES string of the molecule is CC1NC(C#N)CNC1[C@H](CO)NC(=O)CN1C(=O)Nc2ccc(F)c(F)c2S1(=O)=O. The van der Waals surface area contributed by atoms with Gasteiger partial charge in [-0.3, -0.25) is 10.1 Å². The average Bonchev–Trinajstić information content (AvgIpc) is 2.72. The summed E-state index contributed by atoms with van der Waals surface area (Å²) in [5.74, 6) is -4.05. The molecule has 5 N–H and O–H groups in total. The predicted molar refractivity (Wildman–Crippen MR) is 102 cm³/mol. The highest BCUT2D eigenvalue weighted by Gasteiger charge is 2.41. The molecule has 14 heteroatoms. The van der Waals surface area contributed by atoms with Crippen LogP contribution in [0.4, 0.5) is 19.3 Å². The maximum absolute atomic E-state index is 14.1. The number of carbonyl (C=O) groups excluding carboxylic acids is 2. The highest BCUT2D eigenvalue weighted by molar-refractivity contribution is 7.90. The van der Waals surface area contributed by atoms with Crippen molar-refractivity contribution in [1.82, 2.24) is 20.3 Å². The number of nitrogens with one attached hydrogen (secondary N) is 4. The Labute approximate surface area is 176 Å². The molecule has 1 fully saturated rings. The fourth-order valence-electron chi connectivity index (χ4n) is 3.55. The Kier molecular flexibility index (Phi) is 6.41. The Morgan fingerprint density at radius 3 is 2.77 bits per heavy atom. The molecule has 1 saturated heterocycles. The number of hydrogen-bond donors (Lipinski definition) is 5. The number of aliphatic hydroxyl groups excluding tert-OH is 1. The molecule has 11 nitrogen and oxygen atoms in total. The van der Waals surface area contributed by atoms with Crippen molar-refractivity contribution in [3.05, 3.63) is 23.8 Å². The van der Waals surface area contributed by atoms with Gasteiger partial charge in [0.25, 0.3) is 10.0 Å². The lowest BCUT2D eigenvalue weighted by molar-refractivity contribution is -0.122. The number of aliphatic hydroxyl groups is 1. The lowest BCUT2D eigenvalue weighted by Gasteiger charge is -2.38. The van der Waals surface area contributed by atoms with Crippen LogP contribution in [0.15, 0.2) is 17.0 Å². The molecule has 1 aromatic carbocycles. The molecular weight excluding hydrogens is 438 g/mol. The number of benzene rings is 1. The van der Waals surface area contributed by atoms with Crippen LogP contribution in [0.25, 0.3) is 0 Å². The first-order chi connectivity index (χ1) is 14.6. The van der Waals surface area contributed by atoms with Crippen molar-refractivity contribution in [3.63, 3.8) is 0 Å². The van der Waals surface area contributed by atoms with Crippen molar-refractivity contribution >= 4 is 27.6 Å². The van der Waals surface area contributed by atoms with Crippen molar-refractivity contribution in [1.29, 1.82) is 5.26 Å². The summed E-state index contributed by atoms with van der Waals surface area (Å²) in [6.45, 7) is 0.443. The summed E-state index contributed by atoms with van der Waals surface area (Å²) in [5, 5.41) is 29.2. The lowest BCUT2D eigenvalue weighted by atomic mass is 9.97. The number of carbonyl (C=O) groups is 2. The van der Waals surface area contributed by atoms with Gasteiger partial charge in [-0.15, -0.1) is 0 Å². The molecule has 2 aliphatic heterocycles. The van der Waals surface area contributed by atoms with E-state index >= 15 is 0 Å². The molecule has 1 aromatic rings. The number of halogens is 2. The van der Waals surface area contributed by atoms with Crippen LogP contribution in [0.1, 0.15) is 6.92 Å². The number of amides is 3. The van der Waals surface area contributed by atoms with E-state index in [9.17, 15) is 31.9 Å². The summed E-state index contributed by atoms with van der Waals surface area (Å²) in [5.41, 5.74) is -0.438. The van der Waals surface area contributed by atoms with Crippen molar-refractivity contribution in [2.24, 2.45) is 0 Å². The van der Waals surface area contributed by atoms with Gasteiger partial charge in [0.15, 0.2) is 11.6 Å². The molecule has 0 bridgehead atoms. The molecule has 0 spiro atoms. The van der Waals surface area contributed by atoms with Crippen molar-refractivity contribution < 1.29 is 31.9 Å². The fourth-order valence-corrected chi connectivity index (χ4v) is 5.04. The second kappa shape index (κ2) is 8.71. The van der Waals surface area contributed by atoms with Crippen LogP contribution in [-0.2, 0) is 14.8 Å².